The Morgan fingerprint density at radius 2 is 2.40 bits per heavy atom. The average molecular weight is 212 g/mol. The van der Waals surface area contributed by atoms with Crippen molar-refractivity contribution in [3.63, 3.8) is 0 Å². The van der Waals surface area contributed by atoms with Gasteiger partial charge in [-0.2, -0.15) is 0 Å². The van der Waals surface area contributed by atoms with Crippen LogP contribution in [0.2, 0.25) is 0 Å². The second-order valence-corrected chi connectivity index (χ2v) is 5.06. The summed E-state index contributed by atoms with van der Waals surface area (Å²) in [6, 6.07) is 0. The molecule has 2 aliphatic rings. The van der Waals surface area contributed by atoms with Crippen LogP contribution in [-0.4, -0.2) is 38.8 Å². The average Bonchev–Trinajstić information content (AvgIpc) is 2.24. The smallest absolute Gasteiger partial charge is 0.224 e. The van der Waals surface area contributed by atoms with Gasteiger partial charge in [-0.1, -0.05) is 6.92 Å². The van der Waals surface area contributed by atoms with Gasteiger partial charge in [-0.15, -0.1) is 0 Å². The van der Waals surface area contributed by atoms with Crippen molar-refractivity contribution < 1.29 is 9.53 Å². The van der Waals surface area contributed by atoms with Crippen LogP contribution in [0.15, 0.2) is 0 Å². The van der Waals surface area contributed by atoms with Crippen LogP contribution < -0.4 is 10.6 Å². The molecule has 1 amide bonds. The Bertz CT molecular complexity index is 233. The van der Waals surface area contributed by atoms with Crippen molar-refractivity contribution in [2.75, 3.05) is 32.8 Å². The molecule has 2 saturated heterocycles. The summed E-state index contributed by atoms with van der Waals surface area (Å²) in [6.07, 6.45) is 2.13. The zero-order valence-corrected chi connectivity index (χ0v) is 9.34. The third kappa shape index (κ3) is 2.69. The number of amides is 1. The van der Waals surface area contributed by atoms with Crippen molar-refractivity contribution in [2.24, 2.45) is 11.3 Å². The van der Waals surface area contributed by atoms with Gasteiger partial charge in [-0.3, -0.25) is 4.79 Å². The van der Waals surface area contributed by atoms with Crippen molar-refractivity contribution >= 4 is 5.91 Å². The zero-order valence-electron chi connectivity index (χ0n) is 9.34. The summed E-state index contributed by atoms with van der Waals surface area (Å²) < 4.78 is 5.15. The number of carbonyl (C=O) groups excluding carboxylic acids is 1. The molecule has 2 fully saturated rings. The van der Waals surface area contributed by atoms with E-state index in [1.54, 1.807) is 0 Å². The minimum absolute atomic E-state index is 0.170. The van der Waals surface area contributed by atoms with Crippen LogP contribution >= 0.6 is 0 Å². The number of hydrogen-bond acceptors (Lipinski definition) is 3. The van der Waals surface area contributed by atoms with Crippen LogP contribution in [0.3, 0.4) is 0 Å². The van der Waals surface area contributed by atoms with Crippen molar-refractivity contribution in [3.8, 4) is 0 Å². The Morgan fingerprint density at radius 1 is 1.60 bits per heavy atom. The van der Waals surface area contributed by atoms with Gasteiger partial charge in [-0.25, -0.2) is 0 Å². The summed E-state index contributed by atoms with van der Waals surface area (Å²) >= 11 is 0. The molecule has 0 aliphatic carbocycles. The summed E-state index contributed by atoms with van der Waals surface area (Å²) in [5.41, 5.74) is 0.178. The highest BCUT2D eigenvalue weighted by atomic mass is 16.5. The molecule has 15 heavy (non-hydrogen) atoms. The van der Waals surface area contributed by atoms with Crippen LogP contribution in [0.5, 0.6) is 0 Å². The van der Waals surface area contributed by atoms with E-state index in [0.717, 1.165) is 45.7 Å². The molecule has 2 N–H and O–H groups in total. The minimum Gasteiger partial charge on any atom is -0.380 e. The number of ether oxygens (including phenoxy) is 1. The molecular weight excluding hydrogens is 192 g/mol. The van der Waals surface area contributed by atoms with E-state index in [-0.39, 0.29) is 17.2 Å². The van der Waals surface area contributed by atoms with Gasteiger partial charge in [0.05, 0.1) is 19.1 Å². The van der Waals surface area contributed by atoms with Crippen molar-refractivity contribution in [2.45, 2.75) is 19.8 Å². The molecule has 0 saturated carbocycles. The molecule has 1 atom stereocenters. The van der Waals surface area contributed by atoms with Crippen molar-refractivity contribution in [3.05, 3.63) is 0 Å². The highest BCUT2D eigenvalue weighted by Crippen LogP contribution is 2.25. The molecule has 0 aromatic carbocycles. The first kappa shape index (κ1) is 10.9. The largest absolute Gasteiger partial charge is 0.380 e. The van der Waals surface area contributed by atoms with Crippen LogP contribution in [0, 0.1) is 11.3 Å². The SMILES string of the molecule is CC1(CNC(=O)[C@@H]2CCCNC2)COC1. The molecule has 0 bridgehead atoms. The first-order chi connectivity index (χ1) is 7.20. The number of nitrogens with one attached hydrogen (secondary N) is 2. The van der Waals surface area contributed by atoms with Gasteiger partial charge in [0.25, 0.3) is 0 Å². The maximum Gasteiger partial charge on any atom is 0.224 e. The van der Waals surface area contributed by atoms with Crippen LogP contribution in [0.1, 0.15) is 19.8 Å². The van der Waals surface area contributed by atoms with Gasteiger partial charge in [0.2, 0.25) is 5.91 Å². The monoisotopic (exact) mass is 212 g/mol. The molecular formula is C11H20N2O2. The number of hydrogen-bond donors (Lipinski definition) is 2. The lowest BCUT2D eigenvalue weighted by atomic mass is 9.88. The fraction of sp³-hybridized carbons (Fsp3) is 0.909. The van der Waals surface area contributed by atoms with Crippen LogP contribution in [-0.2, 0) is 9.53 Å². The Hall–Kier alpha value is -0.610. The molecule has 0 aromatic rings. The third-order valence-corrected chi connectivity index (χ3v) is 3.26. The van der Waals surface area contributed by atoms with Gasteiger partial charge in [0, 0.05) is 18.5 Å². The zero-order chi connectivity index (χ0) is 10.7. The summed E-state index contributed by atoms with van der Waals surface area (Å²) in [4.78, 5) is 11.8. The van der Waals surface area contributed by atoms with E-state index in [1.807, 2.05) is 0 Å². The second-order valence-electron chi connectivity index (χ2n) is 5.06. The van der Waals surface area contributed by atoms with Gasteiger partial charge < -0.3 is 15.4 Å². The fourth-order valence-corrected chi connectivity index (χ4v) is 2.07. The lowest BCUT2D eigenvalue weighted by molar-refractivity contribution is -0.130. The highest BCUT2D eigenvalue weighted by Gasteiger charge is 2.34. The second kappa shape index (κ2) is 4.49. The van der Waals surface area contributed by atoms with Gasteiger partial charge >= 0.3 is 0 Å². The van der Waals surface area contributed by atoms with E-state index in [1.165, 1.54) is 0 Å². The van der Waals surface area contributed by atoms with Crippen LogP contribution in [0.4, 0.5) is 0 Å². The lowest BCUT2D eigenvalue weighted by Gasteiger charge is -2.38. The van der Waals surface area contributed by atoms with Gasteiger partial charge in [0.1, 0.15) is 0 Å². The quantitative estimate of drug-likeness (QED) is 0.699. The molecule has 2 aliphatic heterocycles. The molecule has 4 heteroatoms. The highest BCUT2D eigenvalue weighted by molar-refractivity contribution is 5.79. The number of piperidine rings is 1. The summed E-state index contributed by atoms with van der Waals surface area (Å²) in [5.74, 6) is 0.374. The fourth-order valence-electron chi connectivity index (χ4n) is 2.07. The predicted molar refractivity (Wildman–Crippen MR) is 57.5 cm³/mol. The molecule has 0 spiro atoms. The van der Waals surface area contributed by atoms with E-state index in [4.69, 9.17) is 4.74 Å². The summed E-state index contributed by atoms with van der Waals surface area (Å²) in [7, 11) is 0. The van der Waals surface area contributed by atoms with Gasteiger partial charge in [0.15, 0.2) is 0 Å². The molecule has 2 heterocycles. The third-order valence-electron chi connectivity index (χ3n) is 3.26. The maximum absolute atomic E-state index is 11.8. The molecule has 0 unspecified atom stereocenters. The Balaban J connectivity index is 1.71. The van der Waals surface area contributed by atoms with E-state index < -0.39 is 0 Å². The first-order valence-corrected chi connectivity index (χ1v) is 5.76. The van der Waals surface area contributed by atoms with E-state index in [9.17, 15) is 4.79 Å². The normalized spacial score (nSPS) is 29.3. The Morgan fingerprint density at radius 3 is 2.93 bits per heavy atom. The van der Waals surface area contributed by atoms with E-state index in [0.29, 0.717) is 0 Å². The van der Waals surface area contributed by atoms with Gasteiger partial charge in [-0.05, 0) is 19.4 Å². The maximum atomic E-state index is 11.8. The first-order valence-electron chi connectivity index (χ1n) is 5.76. The summed E-state index contributed by atoms with van der Waals surface area (Å²) in [6.45, 7) is 6.33. The van der Waals surface area contributed by atoms with Crippen molar-refractivity contribution in [1.82, 2.24) is 10.6 Å². The Labute approximate surface area is 90.8 Å². The predicted octanol–water partition coefficient (Wildman–Crippen LogP) is 0.139. The van der Waals surface area contributed by atoms with E-state index >= 15 is 0 Å². The minimum atomic E-state index is 0.170. The molecule has 86 valence electrons. The lowest BCUT2D eigenvalue weighted by Crippen LogP contribution is -2.50. The number of rotatable bonds is 3. The molecule has 2 rings (SSSR count). The van der Waals surface area contributed by atoms with E-state index in [2.05, 4.69) is 17.6 Å². The number of carbonyl (C=O) groups is 1. The molecule has 4 nitrogen and oxygen atoms in total. The van der Waals surface area contributed by atoms with Crippen molar-refractivity contribution in [1.29, 1.82) is 0 Å². The standard InChI is InChI=1S/C11H20N2O2/c1-11(7-15-8-11)6-13-10(14)9-3-2-4-12-5-9/h9,12H,2-8H2,1H3,(H,13,14)/t9-/m1/s1. The summed E-state index contributed by atoms with van der Waals surface area (Å²) in [5, 5.41) is 6.29. The topological polar surface area (TPSA) is 50.4 Å². The van der Waals surface area contributed by atoms with Crippen LogP contribution in [0.25, 0.3) is 0 Å². The molecule has 0 aromatic heterocycles. The Kier molecular flexibility index (Phi) is 3.26. The molecule has 0 radical (unpaired) electrons.